The van der Waals surface area contributed by atoms with Gasteiger partial charge in [0.05, 0.1) is 11.5 Å². The zero-order valence-corrected chi connectivity index (χ0v) is 14.9. The quantitative estimate of drug-likeness (QED) is 0.455. The van der Waals surface area contributed by atoms with Crippen LogP contribution < -0.4 is 0 Å². The molecule has 0 radical (unpaired) electrons. The Balaban J connectivity index is 1.84. The van der Waals surface area contributed by atoms with E-state index in [9.17, 15) is 14.9 Å². The van der Waals surface area contributed by atoms with Crippen LogP contribution in [0.4, 0.5) is 5.69 Å². The van der Waals surface area contributed by atoms with Gasteiger partial charge in [-0.1, -0.05) is 48.5 Å². The summed E-state index contributed by atoms with van der Waals surface area (Å²) in [6, 6.07) is 19.9. The van der Waals surface area contributed by atoms with Gasteiger partial charge in [0.2, 0.25) is 0 Å². The lowest BCUT2D eigenvalue weighted by atomic mass is 10.1. The van der Waals surface area contributed by atoms with Crippen LogP contribution in [0.15, 0.2) is 72.1 Å². The SMILES string of the molecule is O=C(c1ccccc1[N+](=O)[O-])N(CCc1ccccc1)Cc1cccs1. The molecule has 0 bridgehead atoms. The molecule has 3 rings (SSSR count). The highest BCUT2D eigenvalue weighted by atomic mass is 32.1. The Kier molecular flexibility index (Phi) is 5.76. The summed E-state index contributed by atoms with van der Waals surface area (Å²) >= 11 is 1.57. The van der Waals surface area contributed by atoms with Gasteiger partial charge in [0.1, 0.15) is 5.56 Å². The summed E-state index contributed by atoms with van der Waals surface area (Å²) in [5.41, 5.74) is 1.09. The fourth-order valence-electron chi connectivity index (χ4n) is 2.74. The number of para-hydroxylation sites is 1. The summed E-state index contributed by atoms with van der Waals surface area (Å²) in [4.78, 5) is 26.5. The van der Waals surface area contributed by atoms with Crippen LogP contribution in [-0.2, 0) is 13.0 Å². The molecule has 0 aliphatic rings. The average molecular weight is 366 g/mol. The largest absolute Gasteiger partial charge is 0.333 e. The van der Waals surface area contributed by atoms with Gasteiger partial charge in [0, 0.05) is 17.5 Å². The Labute approximate surface area is 155 Å². The molecule has 0 aliphatic heterocycles. The first-order chi connectivity index (χ1) is 12.6. The molecule has 1 aromatic heterocycles. The van der Waals surface area contributed by atoms with Crippen molar-refractivity contribution in [2.24, 2.45) is 0 Å². The van der Waals surface area contributed by atoms with Crippen molar-refractivity contribution in [1.29, 1.82) is 0 Å². The standard InChI is InChI=1S/C20H18N2O3S/c23-20(18-10-4-5-11-19(18)22(24)25)21(15-17-9-6-14-26-17)13-12-16-7-2-1-3-8-16/h1-11,14H,12-13,15H2. The van der Waals surface area contributed by atoms with Gasteiger partial charge in [0.15, 0.2) is 0 Å². The van der Waals surface area contributed by atoms with E-state index >= 15 is 0 Å². The van der Waals surface area contributed by atoms with Crippen LogP contribution in [-0.4, -0.2) is 22.3 Å². The number of nitrogens with zero attached hydrogens (tertiary/aromatic N) is 2. The highest BCUT2D eigenvalue weighted by molar-refractivity contribution is 7.09. The second-order valence-electron chi connectivity index (χ2n) is 5.82. The van der Waals surface area contributed by atoms with Crippen LogP contribution in [0.25, 0.3) is 0 Å². The molecule has 1 amide bonds. The van der Waals surface area contributed by atoms with Gasteiger partial charge in [-0.05, 0) is 29.5 Å². The van der Waals surface area contributed by atoms with Crippen molar-refractivity contribution in [2.45, 2.75) is 13.0 Å². The molecule has 132 valence electrons. The van der Waals surface area contributed by atoms with Crippen LogP contribution in [0.2, 0.25) is 0 Å². The van der Waals surface area contributed by atoms with Crippen molar-refractivity contribution in [1.82, 2.24) is 4.90 Å². The van der Waals surface area contributed by atoms with Crippen molar-refractivity contribution < 1.29 is 9.72 Å². The maximum absolute atomic E-state index is 13.0. The van der Waals surface area contributed by atoms with Gasteiger partial charge >= 0.3 is 0 Å². The van der Waals surface area contributed by atoms with Gasteiger partial charge in [-0.25, -0.2) is 0 Å². The summed E-state index contributed by atoms with van der Waals surface area (Å²) in [7, 11) is 0. The molecule has 0 atom stereocenters. The van der Waals surface area contributed by atoms with Crippen LogP contribution >= 0.6 is 11.3 Å². The number of benzene rings is 2. The highest BCUT2D eigenvalue weighted by Gasteiger charge is 2.24. The Morgan fingerprint density at radius 3 is 2.42 bits per heavy atom. The van der Waals surface area contributed by atoms with E-state index in [4.69, 9.17) is 0 Å². The minimum atomic E-state index is -0.506. The molecule has 0 spiro atoms. The van der Waals surface area contributed by atoms with E-state index in [1.807, 2.05) is 47.8 Å². The molecule has 2 aromatic carbocycles. The van der Waals surface area contributed by atoms with Gasteiger partial charge < -0.3 is 4.90 Å². The zero-order valence-electron chi connectivity index (χ0n) is 14.1. The molecule has 0 N–H and O–H groups in total. The highest BCUT2D eigenvalue weighted by Crippen LogP contribution is 2.22. The molecule has 6 heteroatoms. The molecule has 26 heavy (non-hydrogen) atoms. The Bertz CT molecular complexity index is 879. The third-order valence-electron chi connectivity index (χ3n) is 4.06. The van der Waals surface area contributed by atoms with Crippen molar-refractivity contribution in [3.05, 3.63) is 98.2 Å². The predicted molar refractivity (Wildman–Crippen MR) is 102 cm³/mol. The lowest BCUT2D eigenvalue weighted by Crippen LogP contribution is -2.32. The van der Waals surface area contributed by atoms with Crippen molar-refractivity contribution in [3.63, 3.8) is 0 Å². The minimum Gasteiger partial charge on any atom is -0.333 e. The number of nitro benzene ring substituents is 1. The third kappa shape index (κ3) is 4.34. The third-order valence-corrected chi connectivity index (χ3v) is 4.92. The molecular formula is C20H18N2O3S. The van der Waals surface area contributed by atoms with Gasteiger partial charge in [0.25, 0.3) is 11.6 Å². The summed E-state index contributed by atoms with van der Waals surface area (Å²) < 4.78 is 0. The van der Waals surface area contributed by atoms with Crippen molar-refractivity contribution >= 4 is 22.9 Å². The van der Waals surface area contributed by atoms with E-state index in [1.54, 1.807) is 28.4 Å². The molecule has 0 saturated heterocycles. The van der Waals surface area contributed by atoms with Gasteiger partial charge in [-0.15, -0.1) is 11.3 Å². The normalized spacial score (nSPS) is 10.5. The fraction of sp³-hybridized carbons (Fsp3) is 0.150. The topological polar surface area (TPSA) is 63.4 Å². The zero-order chi connectivity index (χ0) is 18.4. The minimum absolute atomic E-state index is 0.127. The van der Waals surface area contributed by atoms with Crippen LogP contribution in [0.1, 0.15) is 20.8 Å². The van der Waals surface area contributed by atoms with Crippen LogP contribution in [0.5, 0.6) is 0 Å². The molecule has 0 aliphatic carbocycles. The van der Waals surface area contributed by atoms with Crippen LogP contribution in [0, 0.1) is 10.1 Å². The number of rotatable bonds is 7. The molecule has 1 heterocycles. The van der Waals surface area contributed by atoms with E-state index < -0.39 is 4.92 Å². The summed E-state index contributed by atoms with van der Waals surface area (Å²) in [5, 5.41) is 13.2. The second kappa shape index (κ2) is 8.40. The number of carbonyl (C=O) groups is 1. The lowest BCUT2D eigenvalue weighted by molar-refractivity contribution is -0.385. The molecular weight excluding hydrogens is 348 g/mol. The molecule has 0 unspecified atom stereocenters. The average Bonchev–Trinajstić information content (AvgIpc) is 3.18. The van der Waals surface area contributed by atoms with Gasteiger partial charge in [-0.2, -0.15) is 0 Å². The van der Waals surface area contributed by atoms with E-state index in [0.717, 1.165) is 10.4 Å². The molecule has 5 nitrogen and oxygen atoms in total. The Morgan fingerprint density at radius 2 is 1.73 bits per heavy atom. The maximum atomic E-state index is 13.0. The monoisotopic (exact) mass is 366 g/mol. The smallest absolute Gasteiger partial charge is 0.282 e. The predicted octanol–water partition coefficient (Wildman–Crippen LogP) is 4.54. The number of thiophene rings is 1. The molecule has 0 fully saturated rings. The second-order valence-corrected chi connectivity index (χ2v) is 6.85. The number of nitro groups is 1. The lowest BCUT2D eigenvalue weighted by Gasteiger charge is -2.22. The number of amides is 1. The van der Waals surface area contributed by atoms with Crippen molar-refractivity contribution in [2.75, 3.05) is 6.54 Å². The molecule has 3 aromatic rings. The first kappa shape index (κ1) is 17.8. The fourth-order valence-corrected chi connectivity index (χ4v) is 3.46. The maximum Gasteiger partial charge on any atom is 0.282 e. The Morgan fingerprint density at radius 1 is 1.00 bits per heavy atom. The molecule has 0 saturated carbocycles. The Hall–Kier alpha value is -2.99. The number of hydrogen-bond acceptors (Lipinski definition) is 4. The summed E-state index contributed by atoms with van der Waals surface area (Å²) in [5.74, 6) is -0.318. The van der Waals surface area contributed by atoms with E-state index in [-0.39, 0.29) is 17.2 Å². The first-order valence-electron chi connectivity index (χ1n) is 8.24. The number of carbonyl (C=O) groups excluding carboxylic acids is 1. The first-order valence-corrected chi connectivity index (χ1v) is 9.12. The van der Waals surface area contributed by atoms with E-state index in [1.165, 1.54) is 12.1 Å². The van der Waals surface area contributed by atoms with Gasteiger partial charge in [-0.3, -0.25) is 14.9 Å². The van der Waals surface area contributed by atoms with E-state index in [2.05, 4.69) is 0 Å². The number of hydrogen-bond donors (Lipinski definition) is 0. The van der Waals surface area contributed by atoms with Crippen LogP contribution in [0.3, 0.4) is 0 Å². The summed E-state index contributed by atoms with van der Waals surface area (Å²) in [6.45, 7) is 0.933. The van der Waals surface area contributed by atoms with E-state index in [0.29, 0.717) is 19.5 Å². The summed E-state index contributed by atoms with van der Waals surface area (Å²) in [6.07, 6.45) is 0.693. The van der Waals surface area contributed by atoms with Crippen molar-refractivity contribution in [3.8, 4) is 0 Å².